The highest BCUT2D eigenvalue weighted by Gasteiger charge is 2.35. The highest BCUT2D eigenvalue weighted by Crippen LogP contribution is 2.36. The first-order chi connectivity index (χ1) is 16.4. The smallest absolute Gasteiger partial charge is 0.418 e. The van der Waals surface area contributed by atoms with E-state index in [1.807, 2.05) is 0 Å². The molecule has 3 aromatic carbocycles. The number of halogens is 5. The van der Waals surface area contributed by atoms with Gasteiger partial charge in [-0.3, -0.25) is 4.79 Å². The minimum Gasteiger partial charge on any atom is -0.495 e. The molecule has 3 rings (SSSR count). The Labute approximate surface area is 210 Å². The molecule has 12 heteroatoms. The van der Waals surface area contributed by atoms with E-state index in [0.717, 1.165) is 12.1 Å². The summed E-state index contributed by atoms with van der Waals surface area (Å²) in [6.07, 6.45) is -4.94. The Morgan fingerprint density at radius 2 is 1.71 bits per heavy atom. The molecule has 0 heterocycles. The highest BCUT2D eigenvalue weighted by atomic mass is 35.5. The van der Waals surface area contributed by atoms with Crippen molar-refractivity contribution in [3.8, 4) is 5.75 Å². The van der Waals surface area contributed by atoms with Crippen molar-refractivity contribution in [2.75, 3.05) is 12.4 Å². The van der Waals surface area contributed by atoms with E-state index in [0.29, 0.717) is 11.6 Å². The molecular weight excluding hydrogens is 528 g/mol. The highest BCUT2D eigenvalue weighted by molar-refractivity contribution is 7.89. The number of ether oxygens (including phenoxy) is 1. The third-order valence-electron chi connectivity index (χ3n) is 4.87. The number of rotatable bonds is 8. The SMILES string of the molecule is COc1ccc(S(=O)(=O)N[C@H](Cc2ccccc2)C(=O)Nc2ccc(Cl)cc2C(F)(F)F)cc1Cl. The summed E-state index contributed by atoms with van der Waals surface area (Å²) in [6.45, 7) is 0. The lowest BCUT2D eigenvalue weighted by Crippen LogP contribution is -2.45. The first-order valence-electron chi connectivity index (χ1n) is 9.98. The van der Waals surface area contributed by atoms with Crippen LogP contribution in [0.2, 0.25) is 10.0 Å². The summed E-state index contributed by atoms with van der Waals surface area (Å²) >= 11 is 11.7. The lowest BCUT2D eigenvalue weighted by atomic mass is 10.1. The zero-order valence-corrected chi connectivity index (χ0v) is 20.4. The normalized spacial score (nSPS) is 12.7. The van der Waals surface area contributed by atoms with Crippen LogP contribution in [0.25, 0.3) is 0 Å². The number of anilines is 1. The van der Waals surface area contributed by atoms with Crippen molar-refractivity contribution in [2.24, 2.45) is 0 Å². The van der Waals surface area contributed by atoms with Gasteiger partial charge in [0, 0.05) is 5.02 Å². The average Bonchev–Trinajstić information content (AvgIpc) is 2.79. The van der Waals surface area contributed by atoms with Gasteiger partial charge in [-0.15, -0.1) is 0 Å². The van der Waals surface area contributed by atoms with Crippen molar-refractivity contribution in [3.05, 3.63) is 87.9 Å². The monoisotopic (exact) mass is 546 g/mol. The molecule has 0 aliphatic rings. The zero-order chi connectivity index (χ0) is 25.8. The van der Waals surface area contributed by atoms with Gasteiger partial charge in [0.25, 0.3) is 0 Å². The molecule has 0 aliphatic carbocycles. The van der Waals surface area contributed by atoms with Crippen LogP contribution in [0.15, 0.2) is 71.6 Å². The predicted octanol–water partition coefficient (Wildman–Crippen LogP) is 5.55. The molecule has 1 amide bonds. The quantitative estimate of drug-likeness (QED) is 0.388. The van der Waals surface area contributed by atoms with Gasteiger partial charge in [0.15, 0.2) is 0 Å². The molecule has 0 saturated carbocycles. The summed E-state index contributed by atoms with van der Waals surface area (Å²) in [6, 6.07) is 13.5. The van der Waals surface area contributed by atoms with Crippen molar-refractivity contribution in [1.82, 2.24) is 4.72 Å². The lowest BCUT2D eigenvalue weighted by Gasteiger charge is -2.21. The van der Waals surface area contributed by atoms with Crippen molar-refractivity contribution < 1.29 is 31.1 Å². The van der Waals surface area contributed by atoms with Crippen molar-refractivity contribution >= 4 is 44.8 Å². The summed E-state index contributed by atoms with van der Waals surface area (Å²) < 4.78 is 73.8. The Bertz CT molecular complexity index is 1320. The minimum absolute atomic E-state index is 0.0235. The number of amides is 1. The largest absolute Gasteiger partial charge is 0.495 e. The molecule has 6 nitrogen and oxygen atoms in total. The summed E-state index contributed by atoms with van der Waals surface area (Å²) in [4.78, 5) is 12.8. The fraction of sp³-hybridized carbons (Fsp3) is 0.174. The maximum atomic E-state index is 13.5. The van der Waals surface area contributed by atoms with E-state index in [2.05, 4.69) is 10.0 Å². The van der Waals surface area contributed by atoms with Crippen LogP contribution < -0.4 is 14.8 Å². The van der Waals surface area contributed by atoms with Gasteiger partial charge in [-0.1, -0.05) is 53.5 Å². The molecule has 0 saturated heterocycles. The molecule has 186 valence electrons. The fourth-order valence-corrected chi connectivity index (χ4v) is 4.90. The molecule has 0 unspecified atom stereocenters. The lowest BCUT2D eigenvalue weighted by molar-refractivity contribution is -0.137. The number of alkyl halides is 3. The predicted molar refractivity (Wildman–Crippen MR) is 127 cm³/mol. The number of hydrogen-bond acceptors (Lipinski definition) is 4. The van der Waals surface area contributed by atoms with Gasteiger partial charge in [0.1, 0.15) is 11.8 Å². The Hall–Kier alpha value is -2.79. The van der Waals surface area contributed by atoms with Crippen LogP contribution in [0.5, 0.6) is 5.75 Å². The van der Waals surface area contributed by atoms with Crippen LogP contribution in [0.1, 0.15) is 11.1 Å². The molecule has 0 aromatic heterocycles. The number of nitrogens with one attached hydrogen (secondary N) is 2. The first-order valence-corrected chi connectivity index (χ1v) is 12.2. The van der Waals surface area contributed by atoms with Crippen LogP contribution in [-0.4, -0.2) is 27.5 Å². The fourth-order valence-electron chi connectivity index (χ4n) is 3.19. The third kappa shape index (κ3) is 6.88. The average molecular weight is 547 g/mol. The molecule has 2 N–H and O–H groups in total. The van der Waals surface area contributed by atoms with E-state index in [4.69, 9.17) is 27.9 Å². The molecule has 0 radical (unpaired) electrons. The number of benzene rings is 3. The Kier molecular flexibility index (Phi) is 8.32. The van der Waals surface area contributed by atoms with E-state index in [1.165, 1.54) is 25.3 Å². The third-order valence-corrected chi connectivity index (χ3v) is 6.87. The van der Waals surface area contributed by atoms with E-state index in [-0.39, 0.29) is 27.1 Å². The van der Waals surface area contributed by atoms with E-state index >= 15 is 0 Å². The van der Waals surface area contributed by atoms with E-state index in [9.17, 15) is 26.4 Å². The maximum Gasteiger partial charge on any atom is 0.418 e. The van der Waals surface area contributed by atoms with Crippen LogP contribution in [0, 0.1) is 0 Å². The zero-order valence-electron chi connectivity index (χ0n) is 18.1. The van der Waals surface area contributed by atoms with Crippen LogP contribution in [0.4, 0.5) is 18.9 Å². The molecule has 0 spiro atoms. The molecule has 3 aromatic rings. The van der Waals surface area contributed by atoms with Gasteiger partial charge < -0.3 is 10.1 Å². The Balaban J connectivity index is 1.95. The molecule has 0 aliphatic heterocycles. The van der Waals surface area contributed by atoms with Gasteiger partial charge in [0.2, 0.25) is 15.9 Å². The second-order valence-electron chi connectivity index (χ2n) is 7.34. The number of carbonyl (C=O) groups is 1. The van der Waals surface area contributed by atoms with Gasteiger partial charge in [0.05, 0.1) is 28.3 Å². The Morgan fingerprint density at radius 1 is 1.03 bits per heavy atom. The van der Waals surface area contributed by atoms with Crippen LogP contribution in [0.3, 0.4) is 0 Å². The van der Waals surface area contributed by atoms with Gasteiger partial charge in [-0.2, -0.15) is 17.9 Å². The van der Waals surface area contributed by atoms with Gasteiger partial charge in [-0.25, -0.2) is 8.42 Å². The molecular formula is C23H19Cl2F3N2O4S. The van der Waals surface area contributed by atoms with Gasteiger partial charge >= 0.3 is 6.18 Å². The Morgan fingerprint density at radius 3 is 2.31 bits per heavy atom. The molecule has 0 fully saturated rings. The number of hydrogen-bond donors (Lipinski definition) is 2. The second kappa shape index (κ2) is 10.9. The second-order valence-corrected chi connectivity index (χ2v) is 9.89. The number of carbonyl (C=O) groups excluding carboxylic acids is 1. The molecule has 1 atom stereocenters. The van der Waals surface area contributed by atoms with E-state index in [1.54, 1.807) is 30.3 Å². The number of methoxy groups -OCH3 is 1. The van der Waals surface area contributed by atoms with Crippen LogP contribution >= 0.6 is 23.2 Å². The first kappa shape index (κ1) is 26.8. The van der Waals surface area contributed by atoms with E-state index < -0.39 is 39.4 Å². The standard InChI is InChI=1S/C23H19Cl2F3N2O4S/c1-34-21-10-8-16(13-18(21)25)35(32,33)30-20(11-14-5-3-2-4-6-14)22(31)29-19-9-7-15(24)12-17(19)23(26,27)28/h2-10,12-13,20,30H,11H2,1H3,(H,29,31)/t20-/m1/s1. The number of sulfonamides is 1. The minimum atomic E-state index is -4.80. The van der Waals surface area contributed by atoms with Crippen LogP contribution in [-0.2, 0) is 27.4 Å². The molecule has 0 bridgehead atoms. The maximum absolute atomic E-state index is 13.5. The summed E-state index contributed by atoms with van der Waals surface area (Å²) in [5, 5.41) is 2.03. The van der Waals surface area contributed by atoms with Crippen molar-refractivity contribution in [1.29, 1.82) is 0 Å². The topological polar surface area (TPSA) is 84.5 Å². The summed E-state index contributed by atoms with van der Waals surface area (Å²) in [7, 11) is -2.94. The van der Waals surface area contributed by atoms with Crippen molar-refractivity contribution in [3.63, 3.8) is 0 Å². The summed E-state index contributed by atoms with van der Waals surface area (Å²) in [5.41, 5.74) is -1.14. The molecule has 35 heavy (non-hydrogen) atoms. The van der Waals surface area contributed by atoms with Gasteiger partial charge in [-0.05, 0) is 48.4 Å². The van der Waals surface area contributed by atoms with Crippen molar-refractivity contribution in [2.45, 2.75) is 23.5 Å². The summed E-state index contributed by atoms with van der Waals surface area (Å²) in [5.74, 6) is -0.753.